The summed E-state index contributed by atoms with van der Waals surface area (Å²) in [6.07, 6.45) is 4.63. The molecule has 41 heavy (non-hydrogen) atoms. The lowest BCUT2D eigenvalue weighted by Crippen LogP contribution is -2.56. The number of methoxy groups -OCH3 is 1. The van der Waals surface area contributed by atoms with Crippen LogP contribution in [0.5, 0.6) is 5.75 Å². The molecule has 2 aromatic carbocycles. The third kappa shape index (κ3) is 5.65. The van der Waals surface area contributed by atoms with E-state index in [-0.39, 0.29) is 17.4 Å². The fraction of sp³-hybridized carbons (Fsp3) is 0.500. The first kappa shape index (κ1) is 28.6. The lowest BCUT2D eigenvalue weighted by atomic mass is 9.45. The van der Waals surface area contributed by atoms with E-state index in [4.69, 9.17) is 15.0 Å². The number of guanidine groups is 1. The molecule has 3 aliphatic rings. The molecule has 3 aliphatic carbocycles. The van der Waals surface area contributed by atoms with E-state index in [0.29, 0.717) is 71.3 Å². The van der Waals surface area contributed by atoms with Crippen molar-refractivity contribution in [3.63, 3.8) is 0 Å². The van der Waals surface area contributed by atoms with Crippen LogP contribution in [0.4, 0.5) is 10.1 Å². The average molecular weight is 559 g/mol. The largest absolute Gasteiger partial charge is 0.497 e. The zero-order valence-corrected chi connectivity index (χ0v) is 24.5. The van der Waals surface area contributed by atoms with Gasteiger partial charge in [-0.1, -0.05) is 26.8 Å². The molecule has 1 aromatic heterocycles. The van der Waals surface area contributed by atoms with Gasteiger partial charge in [-0.2, -0.15) is 5.26 Å². The van der Waals surface area contributed by atoms with Crippen molar-refractivity contribution in [2.24, 2.45) is 28.2 Å². The molecule has 3 fully saturated rings. The number of halogens is 1. The Morgan fingerprint density at radius 2 is 2.10 bits per heavy atom. The van der Waals surface area contributed by atoms with E-state index in [1.807, 2.05) is 24.1 Å². The fourth-order valence-electron chi connectivity index (χ4n) is 6.62. The van der Waals surface area contributed by atoms with Crippen LogP contribution in [0.2, 0.25) is 0 Å². The van der Waals surface area contributed by atoms with Crippen LogP contribution in [-0.2, 0) is 13.0 Å². The van der Waals surface area contributed by atoms with Crippen molar-refractivity contribution in [3.8, 4) is 11.8 Å². The average Bonchev–Trinajstić information content (AvgIpc) is 2.96. The minimum atomic E-state index is -0.359. The zero-order valence-electron chi connectivity index (χ0n) is 24.5. The first-order valence-corrected chi connectivity index (χ1v) is 14.4. The van der Waals surface area contributed by atoms with Gasteiger partial charge in [0.2, 0.25) is 0 Å². The van der Waals surface area contributed by atoms with E-state index >= 15 is 0 Å². The monoisotopic (exact) mass is 558 g/mol. The van der Waals surface area contributed by atoms with Gasteiger partial charge in [-0.3, -0.25) is 9.36 Å². The molecule has 4 unspecified atom stereocenters. The van der Waals surface area contributed by atoms with Crippen LogP contribution in [0, 0.1) is 40.3 Å². The van der Waals surface area contributed by atoms with Crippen LogP contribution in [0.1, 0.15) is 45.6 Å². The number of ether oxygens (including phenoxy) is 1. The van der Waals surface area contributed by atoms with Gasteiger partial charge in [0.25, 0.3) is 5.56 Å². The Morgan fingerprint density at radius 3 is 2.78 bits per heavy atom. The van der Waals surface area contributed by atoms with Gasteiger partial charge in [0.05, 0.1) is 42.9 Å². The number of anilines is 1. The second-order valence-corrected chi connectivity index (χ2v) is 12.1. The Labute approximate surface area is 240 Å². The maximum Gasteiger partial charge on any atom is 0.261 e. The summed E-state index contributed by atoms with van der Waals surface area (Å²) in [7, 11) is 3.45. The Kier molecular flexibility index (Phi) is 8.03. The van der Waals surface area contributed by atoms with Gasteiger partial charge in [0, 0.05) is 31.9 Å². The van der Waals surface area contributed by atoms with Crippen molar-refractivity contribution >= 4 is 22.5 Å². The van der Waals surface area contributed by atoms with E-state index in [1.54, 1.807) is 18.2 Å². The highest BCUT2D eigenvalue weighted by Crippen LogP contribution is 2.61. The standard InChI is InChI=1S/C32H39FN6O2/c1-20-26-15-22(32(26,2)3)16-28(20)37-31(38(4)13-6-12-34)36-23-8-10-25-29(17-23)35-19-39(30(25)40)14-11-21-7-9-24(41-5)18-27(21)33/h7-10,17-20,22,26,28H,6,11,13-16H2,1-5H3,(H,36,37). The Morgan fingerprint density at radius 1 is 1.29 bits per heavy atom. The molecule has 0 amide bonds. The fourth-order valence-corrected chi connectivity index (χ4v) is 6.62. The van der Waals surface area contributed by atoms with Crippen LogP contribution in [0.25, 0.3) is 10.9 Å². The molecule has 3 saturated carbocycles. The summed E-state index contributed by atoms with van der Waals surface area (Å²) in [5.74, 6) is 2.68. The smallest absolute Gasteiger partial charge is 0.261 e. The number of nitrogens with one attached hydrogen (secondary N) is 1. The zero-order chi connectivity index (χ0) is 29.3. The number of aryl methyl sites for hydroxylation is 2. The molecule has 0 aliphatic heterocycles. The summed E-state index contributed by atoms with van der Waals surface area (Å²) in [6, 6.07) is 12.7. The quantitative estimate of drug-likeness (QED) is 0.291. The molecule has 6 rings (SSSR count). The maximum atomic E-state index is 14.4. The lowest BCUT2D eigenvalue weighted by molar-refractivity contribution is -0.108. The van der Waals surface area contributed by atoms with E-state index in [2.05, 4.69) is 37.1 Å². The van der Waals surface area contributed by atoms with E-state index in [1.165, 1.54) is 30.5 Å². The highest BCUT2D eigenvalue weighted by Gasteiger charge is 2.56. The molecule has 4 atom stereocenters. The minimum Gasteiger partial charge on any atom is -0.497 e. The van der Waals surface area contributed by atoms with Gasteiger partial charge < -0.3 is 15.0 Å². The maximum absolute atomic E-state index is 14.4. The highest BCUT2D eigenvalue weighted by atomic mass is 19.1. The molecule has 0 radical (unpaired) electrons. The van der Waals surface area contributed by atoms with Gasteiger partial charge in [0.1, 0.15) is 11.6 Å². The van der Waals surface area contributed by atoms with Crippen LogP contribution in [0.3, 0.4) is 0 Å². The van der Waals surface area contributed by atoms with Crippen molar-refractivity contribution in [2.45, 2.75) is 59.0 Å². The lowest BCUT2D eigenvalue weighted by Gasteiger charge is -2.61. The third-order valence-electron chi connectivity index (χ3n) is 9.49. The number of nitriles is 1. The van der Waals surface area contributed by atoms with Gasteiger partial charge in [0.15, 0.2) is 5.96 Å². The second-order valence-electron chi connectivity index (χ2n) is 12.1. The molecule has 3 aromatic rings. The number of aliphatic imine (C=N–C) groups is 1. The summed E-state index contributed by atoms with van der Waals surface area (Å²) in [5, 5.41) is 13.1. The second kappa shape index (κ2) is 11.5. The molecule has 216 valence electrons. The third-order valence-corrected chi connectivity index (χ3v) is 9.49. The molecule has 1 N–H and O–H groups in total. The van der Waals surface area contributed by atoms with Crippen LogP contribution < -0.4 is 15.6 Å². The van der Waals surface area contributed by atoms with Crippen molar-refractivity contribution in [1.29, 1.82) is 5.26 Å². The number of hydrogen-bond donors (Lipinski definition) is 1. The van der Waals surface area contributed by atoms with Gasteiger partial charge in [-0.25, -0.2) is 14.4 Å². The number of hydrogen-bond acceptors (Lipinski definition) is 5. The van der Waals surface area contributed by atoms with E-state index < -0.39 is 0 Å². The topological polar surface area (TPSA) is 95.5 Å². The predicted octanol–water partition coefficient (Wildman–Crippen LogP) is 5.47. The van der Waals surface area contributed by atoms with E-state index in [9.17, 15) is 9.18 Å². The number of fused-ring (bicyclic) bond motifs is 3. The number of nitrogens with zero attached hydrogens (tertiary/aromatic N) is 5. The first-order chi connectivity index (χ1) is 19.6. The predicted molar refractivity (Wildman–Crippen MR) is 160 cm³/mol. The summed E-state index contributed by atoms with van der Waals surface area (Å²) in [5.41, 5.74) is 2.07. The summed E-state index contributed by atoms with van der Waals surface area (Å²) >= 11 is 0. The Balaban J connectivity index is 1.35. The molecule has 1 heterocycles. The van der Waals surface area contributed by atoms with Crippen LogP contribution in [0.15, 0.2) is 52.5 Å². The Bertz CT molecular complexity index is 1560. The molecule has 0 spiro atoms. The molecule has 2 bridgehead atoms. The number of benzene rings is 2. The van der Waals surface area contributed by atoms with Gasteiger partial charge in [-0.15, -0.1) is 0 Å². The summed E-state index contributed by atoms with van der Waals surface area (Å²) < 4.78 is 21.0. The molecular formula is C32H39FN6O2. The molecule has 0 saturated heterocycles. The van der Waals surface area contributed by atoms with Crippen molar-refractivity contribution in [3.05, 3.63) is 64.5 Å². The SMILES string of the molecule is COc1ccc(CCn2cnc3cc(NC(=NC4CC5CC(C4C)C5(C)C)N(C)CCC#N)ccc3c2=O)c(F)c1. The van der Waals surface area contributed by atoms with Crippen molar-refractivity contribution < 1.29 is 9.13 Å². The minimum absolute atomic E-state index is 0.173. The van der Waals surface area contributed by atoms with Crippen LogP contribution >= 0.6 is 0 Å². The van der Waals surface area contributed by atoms with Crippen molar-refractivity contribution in [2.75, 3.05) is 26.0 Å². The molecular weight excluding hydrogens is 519 g/mol. The Hall–Kier alpha value is -3.93. The molecule has 8 nitrogen and oxygen atoms in total. The van der Waals surface area contributed by atoms with Crippen LogP contribution in [-0.4, -0.2) is 47.2 Å². The highest BCUT2D eigenvalue weighted by molar-refractivity contribution is 5.95. The number of aromatic nitrogens is 2. The summed E-state index contributed by atoms with van der Waals surface area (Å²) in [4.78, 5) is 24.9. The summed E-state index contributed by atoms with van der Waals surface area (Å²) in [6.45, 7) is 7.95. The van der Waals surface area contributed by atoms with Gasteiger partial charge in [-0.05, 0) is 72.3 Å². The molecule has 9 heteroatoms. The normalized spacial score (nSPS) is 23.0. The van der Waals surface area contributed by atoms with Crippen molar-refractivity contribution in [1.82, 2.24) is 14.5 Å². The first-order valence-electron chi connectivity index (χ1n) is 14.4. The van der Waals surface area contributed by atoms with Gasteiger partial charge >= 0.3 is 0 Å². The van der Waals surface area contributed by atoms with E-state index in [0.717, 1.165) is 18.1 Å². The number of rotatable bonds is 8.